The summed E-state index contributed by atoms with van der Waals surface area (Å²) in [6, 6.07) is -0.967. The molecule has 100 valence electrons. The Morgan fingerprint density at radius 2 is 1.82 bits per heavy atom. The summed E-state index contributed by atoms with van der Waals surface area (Å²) in [6.07, 6.45) is 0.134. The van der Waals surface area contributed by atoms with Crippen LogP contribution in [0.5, 0.6) is 0 Å². The van der Waals surface area contributed by atoms with Gasteiger partial charge in [-0.05, 0) is 34.1 Å². The van der Waals surface area contributed by atoms with Gasteiger partial charge in [0.15, 0.2) is 0 Å². The van der Waals surface area contributed by atoms with Crippen molar-refractivity contribution in [1.82, 2.24) is 16.0 Å². The van der Waals surface area contributed by atoms with E-state index in [0.29, 0.717) is 13.0 Å². The van der Waals surface area contributed by atoms with Crippen LogP contribution in [0.3, 0.4) is 0 Å². The van der Waals surface area contributed by atoms with Crippen LogP contribution in [0.25, 0.3) is 0 Å². The van der Waals surface area contributed by atoms with Crippen molar-refractivity contribution in [2.24, 2.45) is 0 Å². The minimum atomic E-state index is -0.491. The Bertz CT molecular complexity index is 256. The van der Waals surface area contributed by atoms with Gasteiger partial charge >= 0.3 is 6.03 Å². The van der Waals surface area contributed by atoms with Crippen LogP contribution >= 0.6 is 0 Å². The number of aliphatic hydroxyl groups is 1. The number of carbonyl (C=O) groups excluding carboxylic acids is 2. The molecule has 0 heterocycles. The average molecular weight is 245 g/mol. The van der Waals surface area contributed by atoms with Crippen molar-refractivity contribution in [3.63, 3.8) is 0 Å². The third-order valence-electron chi connectivity index (χ3n) is 2.20. The summed E-state index contributed by atoms with van der Waals surface area (Å²) in [5, 5.41) is 16.9. The molecule has 0 rings (SSSR count). The van der Waals surface area contributed by atoms with E-state index in [9.17, 15) is 14.7 Å². The lowest BCUT2D eigenvalue weighted by molar-refractivity contribution is -0.121. The van der Waals surface area contributed by atoms with E-state index in [1.165, 1.54) is 0 Å². The van der Waals surface area contributed by atoms with Gasteiger partial charge in [0.05, 0.1) is 12.1 Å². The number of amides is 3. The standard InChI is InChI=1S/C11H23N3O3/c1-5-12-11(17)14-10(16)9(4)13-7(2)6-8(3)15/h7-9,13,15H,5-6H2,1-4H3,(H2,12,14,16,17). The molecule has 6 heteroatoms. The Labute approximate surface area is 102 Å². The van der Waals surface area contributed by atoms with E-state index in [0.717, 1.165) is 0 Å². The first-order valence-corrected chi connectivity index (χ1v) is 5.89. The monoisotopic (exact) mass is 245 g/mol. The predicted octanol–water partition coefficient (Wildman–Crippen LogP) is -0.0304. The molecule has 0 aromatic carbocycles. The Morgan fingerprint density at radius 3 is 2.29 bits per heavy atom. The van der Waals surface area contributed by atoms with E-state index in [1.54, 1.807) is 20.8 Å². The molecule has 0 saturated heterocycles. The first-order valence-electron chi connectivity index (χ1n) is 5.89. The van der Waals surface area contributed by atoms with Crippen molar-refractivity contribution in [3.8, 4) is 0 Å². The second kappa shape index (κ2) is 8.03. The number of aliphatic hydroxyl groups excluding tert-OH is 1. The zero-order chi connectivity index (χ0) is 13.4. The highest BCUT2D eigenvalue weighted by Crippen LogP contribution is 1.98. The number of hydrogen-bond donors (Lipinski definition) is 4. The first kappa shape index (κ1) is 15.9. The van der Waals surface area contributed by atoms with Crippen molar-refractivity contribution < 1.29 is 14.7 Å². The molecule has 17 heavy (non-hydrogen) atoms. The molecule has 4 N–H and O–H groups in total. The maximum Gasteiger partial charge on any atom is 0.321 e. The van der Waals surface area contributed by atoms with Crippen LogP contribution in [-0.4, -0.2) is 41.8 Å². The second-order valence-corrected chi connectivity index (χ2v) is 4.22. The minimum Gasteiger partial charge on any atom is -0.393 e. The SMILES string of the molecule is CCNC(=O)NC(=O)C(C)NC(C)CC(C)O. The van der Waals surface area contributed by atoms with Crippen LogP contribution in [0.1, 0.15) is 34.1 Å². The number of urea groups is 1. The lowest BCUT2D eigenvalue weighted by atomic mass is 10.1. The average Bonchev–Trinajstić information content (AvgIpc) is 2.15. The molecular formula is C11H23N3O3. The molecule has 0 radical (unpaired) electrons. The topological polar surface area (TPSA) is 90.5 Å². The summed E-state index contributed by atoms with van der Waals surface area (Å²) < 4.78 is 0. The zero-order valence-electron chi connectivity index (χ0n) is 10.9. The van der Waals surface area contributed by atoms with E-state index >= 15 is 0 Å². The van der Waals surface area contributed by atoms with Crippen molar-refractivity contribution in [2.45, 2.75) is 52.3 Å². The number of hydrogen-bond acceptors (Lipinski definition) is 4. The highest BCUT2D eigenvalue weighted by molar-refractivity contribution is 5.96. The summed E-state index contributed by atoms with van der Waals surface area (Å²) in [5.41, 5.74) is 0. The smallest absolute Gasteiger partial charge is 0.321 e. The fraction of sp³-hybridized carbons (Fsp3) is 0.818. The quantitative estimate of drug-likeness (QED) is 0.529. The Balaban J connectivity index is 4.00. The summed E-state index contributed by atoms with van der Waals surface area (Å²) in [6.45, 7) is 7.49. The first-order chi connectivity index (χ1) is 7.86. The van der Waals surface area contributed by atoms with Gasteiger partial charge in [0.1, 0.15) is 0 Å². The van der Waals surface area contributed by atoms with Gasteiger partial charge in [0.2, 0.25) is 5.91 Å². The molecule has 6 nitrogen and oxygen atoms in total. The molecule has 0 saturated carbocycles. The maximum atomic E-state index is 11.6. The minimum absolute atomic E-state index is 0.00462. The fourth-order valence-corrected chi connectivity index (χ4v) is 1.51. The lowest BCUT2D eigenvalue weighted by Crippen LogP contribution is -2.50. The summed E-state index contributed by atoms with van der Waals surface area (Å²) in [7, 11) is 0. The molecular weight excluding hydrogens is 222 g/mol. The van der Waals surface area contributed by atoms with Crippen molar-refractivity contribution in [3.05, 3.63) is 0 Å². The molecule has 0 aromatic rings. The van der Waals surface area contributed by atoms with Gasteiger partial charge in [-0.3, -0.25) is 10.1 Å². The van der Waals surface area contributed by atoms with Crippen LogP contribution in [0.2, 0.25) is 0 Å². The van der Waals surface area contributed by atoms with Crippen molar-refractivity contribution >= 4 is 11.9 Å². The van der Waals surface area contributed by atoms with E-state index in [1.807, 2.05) is 6.92 Å². The Hall–Kier alpha value is -1.14. The third kappa shape index (κ3) is 7.70. The van der Waals surface area contributed by atoms with E-state index in [2.05, 4.69) is 16.0 Å². The van der Waals surface area contributed by atoms with E-state index < -0.39 is 18.2 Å². The number of carbonyl (C=O) groups is 2. The normalized spacial score (nSPS) is 15.8. The highest BCUT2D eigenvalue weighted by atomic mass is 16.3. The van der Waals surface area contributed by atoms with Crippen LogP contribution < -0.4 is 16.0 Å². The van der Waals surface area contributed by atoms with Crippen LogP contribution in [0.15, 0.2) is 0 Å². The number of nitrogens with one attached hydrogen (secondary N) is 3. The third-order valence-corrected chi connectivity index (χ3v) is 2.20. The molecule has 0 fully saturated rings. The largest absolute Gasteiger partial charge is 0.393 e. The summed E-state index contributed by atoms with van der Waals surface area (Å²) in [4.78, 5) is 22.7. The van der Waals surface area contributed by atoms with Crippen LogP contribution in [0, 0.1) is 0 Å². The van der Waals surface area contributed by atoms with Gasteiger partial charge in [-0.25, -0.2) is 4.79 Å². The summed E-state index contributed by atoms with van der Waals surface area (Å²) >= 11 is 0. The van der Waals surface area contributed by atoms with Gasteiger partial charge in [-0.15, -0.1) is 0 Å². The van der Waals surface area contributed by atoms with E-state index in [-0.39, 0.29) is 11.9 Å². The van der Waals surface area contributed by atoms with E-state index in [4.69, 9.17) is 0 Å². The molecule has 3 amide bonds. The second-order valence-electron chi connectivity index (χ2n) is 4.22. The molecule has 0 aliphatic heterocycles. The molecule has 0 aliphatic carbocycles. The maximum absolute atomic E-state index is 11.6. The lowest BCUT2D eigenvalue weighted by Gasteiger charge is -2.20. The van der Waals surface area contributed by atoms with Gasteiger partial charge < -0.3 is 15.7 Å². The van der Waals surface area contributed by atoms with Crippen LogP contribution in [0.4, 0.5) is 4.79 Å². The van der Waals surface area contributed by atoms with Crippen LogP contribution in [-0.2, 0) is 4.79 Å². The highest BCUT2D eigenvalue weighted by Gasteiger charge is 2.17. The Morgan fingerprint density at radius 1 is 1.24 bits per heavy atom. The zero-order valence-corrected chi connectivity index (χ0v) is 10.9. The van der Waals surface area contributed by atoms with Gasteiger partial charge in [0, 0.05) is 12.6 Å². The molecule has 3 atom stereocenters. The predicted molar refractivity (Wildman–Crippen MR) is 65.6 cm³/mol. The molecule has 0 bridgehead atoms. The van der Waals surface area contributed by atoms with Crippen molar-refractivity contribution in [2.75, 3.05) is 6.54 Å². The molecule has 0 aliphatic rings. The molecule has 0 aromatic heterocycles. The summed E-state index contributed by atoms with van der Waals surface area (Å²) in [5.74, 6) is -0.381. The molecule has 3 unspecified atom stereocenters. The van der Waals surface area contributed by atoms with Gasteiger partial charge in [-0.2, -0.15) is 0 Å². The van der Waals surface area contributed by atoms with Gasteiger partial charge in [-0.1, -0.05) is 0 Å². The van der Waals surface area contributed by atoms with Gasteiger partial charge in [0.25, 0.3) is 0 Å². The molecule has 0 spiro atoms. The Kier molecular flexibility index (Phi) is 7.49. The van der Waals surface area contributed by atoms with Crippen molar-refractivity contribution in [1.29, 1.82) is 0 Å². The fourth-order valence-electron chi connectivity index (χ4n) is 1.51. The number of imide groups is 1. The number of rotatable bonds is 6.